The van der Waals surface area contributed by atoms with Gasteiger partial charge >= 0.3 is 0 Å². The van der Waals surface area contributed by atoms with E-state index in [1.807, 2.05) is 4.90 Å². The molecule has 3 heterocycles. The maximum Gasteiger partial charge on any atom is 0.219 e. The zero-order valence-electron chi connectivity index (χ0n) is 11.8. The molecular weight excluding hydrogens is 286 g/mol. The molecule has 2 aromatic rings. The second-order valence-corrected chi connectivity index (χ2v) is 6.26. The summed E-state index contributed by atoms with van der Waals surface area (Å²) >= 11 is 1.40. The first-order chi connectivity index (χ1) is 10.1. The number of hydrogen-bond acceptors (Lipinski definition) is 6. The Labute approximate surface area is 127 Å². The fourth-order valence-corrected chi connectivity index (χ4v) is 3.25. The van der Waals surface area contributed by atoms with Gasteiger partial charge < -0.3 is 10.6 Å². The zero-order chi connectivity index (χ0) is 14.8. The van der Waals surface area contributed by atoms with E-state index in [1.165, 1.54) is 11.3 Å². The lowest BCUT2D eigenvalue weighted by molar-refractivity contribution is -0.130. The summed E-state index contributed by atoms with van der Waals surface area (Å²) in [6, 6.07) is 0. The minimum absolute atomic E-state index is 0.124. The van der Waals surface area contributed by atoms with Crippen LogP contribution in [-0.4, -0.2) is 38.8 Å². The lowest BCUT2D eigenvalue weighted by atomic mass is 9.95. The highest BCUT2D eigenvalue weighted by molar-refractivity contribution is 7.18. The lowest BCUT2D eigenvalue weighted by Crippen LogP contribution is -2.37. The Hall–Kier alpha value is -2.02. The quantitative estimate of drug-likeness (QED) is 0.916. The van der Waals surface area contributed by atoms with Gasteiger partial charge in [-0.1, -0.05) is 11.3 Å². The normalized spacial score (nSPS) is 18.7. The van der Waals surface area contributed by atoms with Crippen molar-refractivity contribution in [3.63, 3.8) is 0 Å². The average molecular weight is 303 g/mol. The molecule has 110 valence electrons. The van der Waals surface area contributed by atoms with Crippen molar-refractivity contribution in [2.75, 3.05) is 18.8 Å². The molecule has 2 N–H and O–H groups in total. The van der Waals surface area contributed by atoms with Crippen LogP contribution >= 0.6 is 11.3 Å². The van der Waals surface area contributed by atoms with E-state index < -0.39 is 0 Å². The van der Waals surface area contributed by atoms with Gasteiger partial charge in [-0.25, -0.2) is 9.97 Å². The van der Waals surface area contributed by atoms with E-state index in [1.54, 1.807) is 25.5 Å². The molecule has 0 unspecified atom stereocenters. The Morgan fingerprint density at radius 3 is 3.00 bits per heavy atom. The van der Waals surface area contributed by atoms with Crippen LogP contribution in [0, 0.1) is 0 Å². The molecule has 1 aliphatic heterocycles. The molecule has 0 aromatic carbocycles. The van der Waals surface area contributed by atoms with Gasteiger partial charge in [-0.05, 0) is 12.8 Å². The topological polar surface area (TPSA) is 85.0 Å². The molecule has 3 rings (SSSR count). The Kier molecular flexibility index (Phi) is 3.83. The molecule has 7 heteroatoms. The van der Waals surface area contributed by atoms with Crippen LogP contribution in [0.5, 0.6) is 0 Å². The van der Waals surface area contributed by atoms with Crippen LogP contribution in [0.4, 0.5) is 5.13 Å². The SMILES string of the molecule is CC(=O)N1CCC[C@H](c2cncc(-c3cnc(N)s3)n2)C1. The second-order valence-electron chi connectivity index (χ2n) is 5.20. The number of carbonyl (C=O) groups excluding carboxylic acids is 1. The van der Waals surface area contributed by atoms with Crippen molar-refractivity contribution in [2.24, 2.45) is 0 Å². The summed E-state index contributed by atoms with van der Waals surface area (Å²) in [4.78, 5) is 27.4. The molecule has 0 saturated carbocycles. The number of hydrogen-bond donors (Lipinski definition) is 1. The first-order valence-electron chi connectivity index (χ1n) is 6.92. The van der Waals surface area contributed by atoms with E-state index in [-0.39, 0.29) is 11.8 Å². The molecule has 1 fully saturated rings. The molecule has 0 bridgehead atoms. The summed E-state index contributed by atoms with van der Waals surface area (Å²) in [6.45, 7) is 3.17. The van der Waals surface area contributed by atoms with Crippen LogP contribution in [0.3, 0.4) is 0 Å². The van der Waals surface area contributed by atoms with Crippen LogP contribution in [0.25, 0.3) is 10.6 Å². The van der Waals surface area contributed by atoms with Gasteiger partial charge in [0.25, 0.3) is 0 Å². The Bertz CT molecular complexity index is 656. The number of amides is 1. The molecule has 1 amide bonds. The van der Waals surface area contributed by atoms with Gasteiger partial charge in [-0.2, -0.15) is 0 Å². The van der Waals surface area contributed by atoms with Crippen molar-refractivity contribution in [1.29, 1.82) is 0 Å². The summed E-state index contributed by atoms with van der Waals surface area (Å²) in [6.07, 6.45) is 7.27. The molecule has 2 aromatic heterocycles. The summed E-state index contributed by atoms with van der Waals surface area (Å²) in [7, 11) is 0. The summed E-state index contributed by atoms with van der Waals surface area (Å²) in [5.41, 5.74) is 7.39. The third-order valence-electron chi connectivity index (χ3n) is 3.71. The van der Waals surface area contributed by atoms with Gasteiger partial charge in [0.15, 0.2) is 5.13 Å². The van der Waals surface area contributed by atoms with Gasteiger partial charge in [0.2, 0.25) is 5.91 Å². The Morgan fingerprint density at radius 2 is 2.29 bits per heavy atom. The Morgan fingerprint density at radius 1 is 1.43 bits per heavy atom. The molecule has 0 spiro atoms. The summed E-state index contributed by atoms with van der Waals surface area (Å²) in [5, 5.41) is 0.526. The number of aromatic nitrogens is 3. The minimum Gasteiger partial charge on any atom is -0.375 e. The van der Waals surface area contributed by atoms with Crippen molar-refractivity contribution in [3.05, 3.63) is 24.3 Å². The summed E-state index contributed by atoms with van der Waals surface area (Å²) in [5.74, 6) is 0.374. The molecule has 1 saturated heterocycles. The van der Waals surface area contributed by atoms with Crippen molar-refractivity contribution in [2.45, 2.75) is 25.7 Å². The monoisotopic (exact) mass is 303 g/mol. The molecule has 1 aliphatic rings. The summed E-state index contributed by atoms with van der Waals surface area (Å²) < 4.78 is 0. The van der Waals surface area contributed by atoms with Crippen LogP contribution < -0.4 is 5.73 Å². The van der Waals surface area contributed by atoms with Crippen molar-refractivity contribution in [1.82, 2.24) is 19.9 Å². The predicted molar refractivity (Wildman–Crippen MR) is 81.8 cm³/mol. The van der Waals surface area contributed by atoms with Gasteiger partial charge in [0.05, 0.1) is 16.8 Å². The third kappa shape index (κ3) is 3.02. The molecule has 21 heavy (non-hydrogen) atoms. The van der Waals surface area contributed by atoms with Crippen LogP contribution in [-0.2, 0) is 4.79 Å². The number of thiazole rings is 1. The van der Waals surface area contributed by atoms with Crippen molar-refractivity contribution >= 4 is 22.4 Å². The molecule has 0 radical (unpaired) electrons. The number of carbonyl (C=O) groups is 1. The molecule has 6 nitrogen and oxygen atoms in total. The number of piperidine rings is 1. The molecule has 0 aliphatic carbocycles. The van der Waals surface area contributed by atoms with Gasteiger partial charge in [-0.3, -0.25) is 9.78 Å². The highest BCUT2D eigenvalue weighted by atomic mass is 32.1. The van der Waals surface area contributed by atoms with Crippen LogP contribution in [0.2, 0.25) is 0 Å². The second kappa shape index (κ2) is 5.77. The maximum absolute atomic E-state index is 11.5. The zero-order valence-corrected chi connectivity index (χ0v) is 12.6. The first kappa shape index (κ1) is 13.9. The van der Waals surface area contributed by atoms with E-state index in [0.29, 0.717) is 5.13 Å². The number of rotatable bonds is 2. The third-order valence-corrected chi connectivity index (χ3v) is 4.56. The number of likely N-dealkylation sites (tertiary alicyclic amines) is 1. The highest BCUT2D eigenvalue weighted by Gasteiger charge is 2.24. The van der Waals surface area contributed by atoms with Crippen LogP contribution in [0.1, 0.15) is 31.4 Å². The smallest absolute Gasteiger partial charge is 0.219 e. The number of nitrogen functional groups attached to an aromatic ring is 1. The number of nitrogens with zero attached hydrogens (tertiary/aromatic N) is 4. The fraction of sp³-hybridized carbons (Fsp3) is 0.429. The van der Waals surface area contributed by atoms with Gasteiger partial charge in [-0.15, -0.1) is 0 Å². The largest absolute Gasteiger partial charge is 0.375 e. The first-order valence-corrected chi connectivity index (χ1v) is 7.74. The van der Waals surface area contributed by atoms with E-state index in [9.17, 15) is 4.79 Å². The molecular formula is C14H17N5OS. The number of nitrogens with two attached hydrogens (primary N) is 1. The Balaban J connectivity index is 1.84. The highest BCUT2D eigenvalue weighted by Crippen LogP contribution is 2.29. The average Bonchev–Trinajstić information content (AvgIpc) is 2.94. The molecule has 1 atom stereocenters. The van der Waals surface area contributed by atoms with E-state index in [4.69, 9.17) is 5.73 Å². The van der Waals surface area contributed by atoms with Gasteiger partial charge in [0, 0.05) is 38.3 Å². The number of anilines is 1. The van der Waals surface area contributed by atoms with E-state index >= 15 is 0 Å². The minimum atomic E-state index is 0.124. The fourth-order valence-electron chi connectivity index (χ4n) is 2.61. The maximum atomic E-state index is 11.5. The van der Waals surface area contributed by atoms with Gasteiger partial charge in [0.1, 0.15) is 5.69 Å². The van der Waals surface area contributed by atoms with E-state index in [0.717, 1.165) is 42.2 Å². The van der Waals surface area contributed by atoms with Crippen molar-refractivity contribution in [3.8, 4) is 10.6 Å². The van der Waals surface area contributed by atoms with E-state index in [2.05, 4.69) is 15.0 Å². The van der Waals surface area contributed by atoms with Crippen LogP contribution in [0.15, 0.2) is 18.6 Å². The van der Waals surface area contributed by atoms with Crippen molar-refractivity contribution < 1.29 is 4.79 Å². The predicted octanol–water partition coefficient (Wildman–Crippen LogP) is 1.91. The lowest BCUT2D eigenvalue weighted by Gasteiger charge is -2.31. The standard InChI is InChI=1S/C14H17N5OS/c1-9(20)19-4-2-3-10(8-19)11-5-16-6-12(18-11)13-7-17-14(15)21-13/h5-7,10H,2-4,8H2,1H3,(H2,15,17)/t10-/m0/s1.